The van der Waals surface area contributed by atoms with Crippen LogP contribution in [0.3, 0.4) is 0 Å². The number of carbonyl (C=O) groups excluding carboxylic acids is 1. The summed E-state index contributed by atoms with van der Waals surface area (Å²) in [6.07, 6.45) is 3.48. The van der Waals surface area contributed by atoms with E-state index >= 15 is 0 Å². The highest BCUT2D eigenvalue weighted by Crippen LogP contribution is 2.27. The first-order valence-electron chi connectivity index (χ1n) is 9.35. The number of rotatable bonds is 9. The number of hydrogen-bond acceptors (Lipinski definition) is 4. The van der Waals surface area contributed by atoms with Gasteiger partial charge in [0.25, 0.3) is 0 Å². The first-order chi connectivity index (χ1) is 13.9. The Labute approximate surface area is 170 Å². The van der Waals surface area contributed by atoms with Crippen LogP contribution in [0.5, 0.6) is 0 Å². The highest BCUT2D eigenvalue weighted by molar-refractivity contribution is 7.89. The van der Waals surface area contributed by atoms with Crippen LogP contribution >= 0.6 is 0 Å². The number of hydrogen-bond donors (Lipinski definition) is 2. The van der Waals surface area contributed by atoms with Gasteiger partial charge >= 0.3 is 0 Å². The quantitative estimate of drug-likeness (QED) is 0.562. The van der Waals surface area contributed by atoms with E-state index in [2.05, 4.69) is 34.7 Å². The normalized spacial score (nSPS) is 11.5. The van der Waals surface area contributed by atoms with Gasteiger partial charge in [-0.1, -0.05) is 60.7 Å². The van der Waals surface area contributed by atoms with Crippen LogP contribution < -0.4 is 10.5 Å². The fourth-order valence-electron chi connectivity index (χ4n) is 3.17. The lowest BCUT2D eigenvalue weighted by Crippen LogP contribution is -2.26. The predicted octanol–water partition coefficient (Wildman–Crippen LogP) is 2.26. The third-order valence-electron chi connectivity index (χ3n) is 4.67. The fourth-order valence-corrected chi connectivity index (χ4v) is 3.63. The van der Waals surface area contributed by atoms with E-state index in [1.807, 2.05) is 36.4 Å². The van der Waals surface area contributed by atoms with E-state index in [0.29, 0.717) is 6.54 Å². The highest BCUT2D eigenvalue weighted by atomic mass is 32.2. The Morgan fingerprint density at radius 1 is 1.03 bits per heavy atom. The molecule has 2 aromatic carbocycles. The molecule has 0 saturated heterocycles. The molecule has 0 radical (unpaired) electrons. The number of amides is 1. The number of nitrogens with zero attached hydrogens (tertiary/aromatic N) is 2. The average Bonchev–Trinajstić information content (AvgIpc) is 3.21. The second-order valence-electron chi connectivity index (χ2n) is 6.75. The Bertz CT molecular complexity index is 995. The number of sulfonamides is 1. The summed E-state index contributed by atoms with van der Waals surface area (Å²) in [7, 11) is -3.78. The second kappa shape index (κ2) is 9.49. The summed E-state index contributed by atoms with van der Waals surface area (Å²) in [6, 6.07) is 20.4. The van der Waals surface area contributed by atoms with Gasteiger partial charge in [-0.15, -0.1) is 0 Å². The standard InChI is InChI=1S/C21H24N4O3S/c22-29(27,28)19-15-24-25(16-19)14-12-21(26)23-13-11-20(17-7-3-1-4-8-17)18-9-5-2-6-10-18/h1-10,15-16,20H,11-14H2,(H,23,26)(H2,22,27,28). The van der Waals surface area contributed by atoms with Crippen LogP contribution in [0.25, 0.3) is 0 Å². The van der Waals surface area contributed by atoms with E-state index < -0.39 is 10.0 Å². The van der Waals surface area contributed by atoms with E-state index in [1.54, 1.807) is 0 Å². The molecule has 29 heavy (non-hydrogen) atoms. The molecule has 3 aromatic rings. The van der Waals surface area contributed by atoms with Gasteiger partial charge in [0, 0.05) is 31.6 Å². The number of carbonyl (C=O) groups is 1. The molecular formula is C21H24N4O3S. The predicted molar refractivity (Wildman–Crippen MR) is 111 cm³/mol. The van der Waals surface area contributed by atoms with Crippen LogP contribution in [-0.4, -0.2) is 30.7 Å². The monoisotopic (exact) mass is 412 g/mol. The minimum absolute atomic E-state index is 0.0635. The lowest BCUT2D eigenvalue weighted by molar-refractivity contribution is -0.121. The first kappa shape index (κ1) is 20.8. The minimum atomic E-state index is -3.78. The van der Waals surface area contributed by atoms with E-state index in [9.17, 15) is 13.2 Å². The molecule has 7 nitrogen and oxygen atoms in total. The van der Waals surface area contributed by atoms with Gasteiger partial charge in [-0.3, -0.25) is 9.48 Å². The van der Waals surface area contributed by atoms with Crippen molar-refractivity contribution in [3.05, 3.63) is 84.2 Å². The van der Waals surface area contributed by atoms with Gasteiger partial charge in [0.1, 0.15) is 4.90 Å². The van der Waals surface area contributed by atoms with Crippen molar-refractivity contribution < 1.29 is 13.2 Å². The molecule has 1 aromatic heterocycles. The van der Waals surface area contributed by atoms with Gasteiger partial charge in [-0.25, -0.2) is 13.6 Å². The second-order valence-corrected chi connectivity index (χ2v) is 8.31. The molecule has 3 N–H and O–H groups in total. The van der Waals surface area contributed by atoms with E-state index in [0.717, 1.165) is 6.42 Å². The van der Waals surface area contributed by atoms with Crippen LogP contribution in [0.4, 0.5) is 0 Å². The molecule has 0 aliphatic heterocycles. The lowest BCUT2D eigenvalue weighted by Gasteiger charge is -2.18. The van der Waals surface area contributed by atoms with Crippen molar-refractivity contribution in [2.45, 2.75) is 30.2 Å². The first-order valence-corrected chi connectivity index (χ1v) is 10.9. The van der Waals surface area contributed by atoms with Gasteiger partial charge in [-0.05, 0) is 17.5 Å². The Balaban J connectivity index is 1.53. The number of aryl methyl sites for hydroxylation is 1. The Morgan fingerprint density at radius 2 is 1.62 bits per heavy atom. The number of aromatic nitrogens is 2. The van der Waals surface area contributed by atoms with Crippen LogP contribution in [0, 0.1) is 0 Å². The summed E-state index contributed by atoms with van der Waals surface area (Å²) in [5.41, 5.74) is 2.42. The molecule has 152 valence electrons. The van der Waals surface area contributed by atoms with E-state index in [1.165, 1.54) is 28.2 Å². The molecule has 0 aliphatic rings. The van der Waals surface area contributed by atoms with E-state index in [4.69, 9.17) is 5.14 Å². The molecule has 1 heterocycles. The molecule has 0 bridgehead atoms. The molecule has 3 rings (SSSR count). The smallest absolute Gasteiger partial charge is 0.241 e. The van der Waals surface area contributed by atoms with Gasteiger partial charge < -0.3 is 5.32 Å². The van der Waals surface area contributed by atoms with Crippen molar-refractivity contribution in [2.24, 2.45) is 5.14 Å². The number of benzene rings is 2. The zero-order chi connectivity index (χ0) is 20.7. The molecule has 8 heteroatoms. The maximum Gasteiger partial charge on any atom is 0.241 e. The van der Waals surface area contributed by atoms with E-state index in [-0.39, 0.29) is 29.7 Å². The minimum Gasteiger partial charge on any atom is -0.356 e. The average molecular weight is 413 g/mol. The maximum atomic E-state index is 12.2. The zero-order valence-corrected chi connectivity index (χ0v) is 16.8. The molecule has 0 aliphatic carbocycles. The summed E-state index contributed by atoms with van der Waals surface area (Å²) in [5.74, 6) is 0.0821. The van der Waals surface area contributed by atoms with Gasteiger partial charge in [0.05, 0.1) is 6.20 Å². The maximum absolute atomic E-state index is 12.2. The summed E-state index contributed by atoms with van der Waals surface area (Å²) in [5, 5.41) is 11.9. The molecule has 1 amide bonds. The van der Waals surface area contributed by atoms with Crippen molar-refractivity contribution in [1.29, 1.82) is 0 Å². The Morgan fingerprint density at radius 3 is 2.14 bits per heavy atom. The molecular weight excluding hydrogens is 388 g/mol. The van der Waals surface area contributed by atoms with Crippen molar-refractivity contribution in [3.8, 4) is 0 Å². The van der Waals surface area contributed by atoms with Crippen LogP contribution in [0.2, 0.25) is 0 Å². The summed E-state index contributed by atoms with van der Waals surface area (Å²) >= 11 is 0. The van der Waals surface area contributed by atoms with Gasteiger partial charge in [0.15, 0.2) is 0 Å². The number of nitrogens with one attached hydrogen (secondary N) is 1. The van der Waals surface area contributed by atoms with Crippen molar-refractivity contribution in [1.82, 2.24) is 15.1 Å². The van der Waals surface area contributed by atoms with Crippen LogP contribution in [-0.2, 0) is 21.4 Å². The third kappa shape index (κ3) is 6.00. The van der Waals surface area contributed by atoms with Crippen molar-refractivity contribution in [3.63, 3.8) is 0 Å². The Hall–Kier alpha value is -2.97. The van der Waals surface area contributed by atoms with Crippen molar-refractivity contribution >= 4 is 15.9 Å². The largest absolute Gasteiger partial charge is 0.356 e. The highest BCUT2D eigenvalue weighted by Gasteiger charge is 2.14. The lowest BCUT2D eigenvalue weighted by atomic mass is 9.88. The van der Waals surface area contributed by atoms with Crippen LogP contribution in [0.1, 0.15) is 29.9 Å². The SMILES string of the molecule is NS(=O)(=O)c1cnn(CCC(=O)NCCC(c2ccccc2)c2ccccc2)c1. The number of nitrogens with two attached hydrogens (primary N) is 1. The topological polar surface area (TPSA) is 107 Å². The number of primary sulfonamides is 1. The summed E-state index contributed by atoms with van der Waals surface area (Å²) < 4.78 is 23.9. The molecule has 0 fully saturated rings. The van der Waals surface area contributed by atoms with Crippen LogP contribution in [0.15, 0.2) is 78.0 Å². The molecule has 0 spiro atoms. The summed E-state index contributed by atoms with van der Waals surface area (Å²) in [6.45, 7) is 0.816. The third-order valence-corrected chi connectivity index (χ3v) is 5.53. The molecule has 0 atom stereocenters. The summed E-state index contributed by atoms with van der Waals surface area (Å²) in [4.78, 5) is 12.1. The van der Waals surface area contributed by atoms with Crippen molar-refractivity contribution in [2.75, 3.05) is 6.54 Å². The molecule has 0 unspecified atom stereocenters. The fraction of sp³-hybridized carbons (Fsp3) is 0.238. The Kier molecular flexibility index (Phi) is 6.79. The molecule has 0 saturated carbocycles. The van der Waals surface area contributed by atoms with Gasteiger partial charge in [0.2, 0.25) is 15.9 Å². The van der Waals surface area contributed by atoms with Gasteiger partial charge in [-0.2, -0.15) is 5.10 Å². The zero-order valence-electron chi connectivity index (χ0n) is 15.9.